The Hall–Kier alpha value is -4.70. The summed E-state index contributed by atoms with van der Waals surface area (Å²) < 4.78 is 0. The van der Waals surface area contributed by atoms with Crippen LogP contribution in [0.1, 0.15) is 22.3 Å². The molecule has 4 rings (SSSR count). The molecular formula is C32H28N2O2. The third kappa shape index (κ3) is 6.67. The van der Waals surface area contributed by atoms with Gasteiger partial charge in [-0.15, -0.1) is 0 Å². The van der Waals surface area contributed by atoms with Gasteiger partial charge in [-0.25, -0.2) is 0 Å². The van der Waals surface area contributed by atoms with Crippen LogP contribution in [0.15, 0.2) is 109 Å². The topological polar surface area (TPSA) is 58.2 Å². The predicted molar refractivity (Wildman–Crippen MR) is 150 cm³/mol. The van der Waals surface area contributed by atoms with Gasteiger partial charge in [0.05, 0.1) is 0 Å². The summed E-state index contributed by atoms with van der Waals surface area (Å²) in [5.41, 5.74) is 7.50. The van der Waals surface area contributed by atoms with E-state index < -0.39 is 0 Å². The molecule has 4 heteroatoms. The zero-order valence-electron chi connectivity index (χ0n) is 20.4. The molecule has 2 N–H and O–H groups in total. The number of carbonyl (C=O) groups excluding carboxylic acids is 2. The summed E-state index contributed by atoms with van der Waals surface area (Å²) >= 11 is 0. The number of nitrogens with one attached hydrogen (secondary N) is 2. The van der Waals surface area contributed by atoms with Crippen LogP contribution < -0.4 is 10.6 Å². The van der Waals surface area contributed by atoms with Gasteiger partial charge in [-0.3, -0.25) is 9.59 Å². The minimum Gasteiger partial charge on any atom is -0.322 e. The first-order valence-corrected chi connectivity index (χ1v) is 11.8. The third-order valence-electron chi connectivity index (χ3n) is 5.76. The summed E-state index contributed by atoms with van der Waals surface area (Å²) in [4.78, 5) is 24.7. The average Bonchev–Trinajstić information content (AvgIpc) is 2.90. The Kier molecular flexibility index (Phi) is 7.89. The van der Waals surface area contributed by atoms with Crippen LogP contribution in [0.3, 0.4) is 0 Å². The van der Waals surface area contributed by atoms with Crippen LogP contribution in [0.25, 0.3) is 23.3 Å². The summed E-state index contributed by atoms with van der Waals surface area (Å²) in [5, 5.41) is 5.89. The Morgan fingerprint density at radius 2 is 0.944 bits per heavy atom. The highest BCUT2D eigenvalue weighted by Gasteiger charge is 2.08. The zero-order valence-corrected chi connectivity index (χ0v) is 20.4. The number of hydrogen-bond donors (Lipinski definition) is 2. The molecule has 0 saturated heterocycles. The molecule has 0 radical (unpaired) electrons. The van der Waals surface area contributed by atoms with Crippen molar-refractivity contribution in [1.29, 1.82) is 0 Å². The lowest BCUT2D eigenvalue weighted by molar-refractivity contribution is -0.112. The Labute approximate surface area is 212 Å². The Balaban J connectivity index is 1.40. The lowest BCUT2D eigenvalue weighted by atomic mass is 10.00. The van der Waals surface area contributed by atoms with Crippen molar-refractivity contribution in [3.8, 4) is 11.1 Å². The van der Waals surface area contributed by atoms with E-state index in [0.717, 1.165) is 44.8 Å². The first-order chi connectivity index (χ1) is 17.5. The van der Waals surface area contributed by atoms with Gasteiger partial charge in [0, 0.05) is 23.5 Å². The van der Waals surface area contributed by atoms with Gasteiger partial charge in [-0.2, -0.15) is 0 Å². The van der Waals surface area contributed by atoms with Crippen LogP contribution in [-0.4, -0.2) is 11.8 Å². The number of anilines is 2. The zero-order chi connectivity index (χ0) is 25.3. The molecule has 0 fully saturated rings. The lowest BCUT2D eigenvalue weighted by Gasteiger charge is -2.12. The molecule has 0 aliphatic carbocycles. The fraction of sp³-hybridized carbons (Fsp3) is 0.0625. The predicted octanol–water partition coefficient (Wildman–Crippen LogP) is 7.27. The summed E-state index contributed by atoms with van der Waals surface area (Å²) in [6.07, 6.45) is 6.65. The van der Waals surface area contributed by atoms with E-state index in [2.05, 4.69) is 10.6 Å². The quantitative estimate of drug-likeness (QED) is 0.278. The monoisotopic (exact) mass is 472 g/mol. The van der Waals surface area contributed by atoms with Gasteiger partial charge in [0.1, 0.15) is 0 Å². The third-order valence-corrected chi connectivity index (χ3v) is 5.76. The maximum Gasteiger partial charge on any atom is 0.248 e. The second-order valence-electron chi connectivity index (χ2n) is 8.53. The molecule has 178 valence electrons. The first kappa shape index (κ1) is 24.4. The van der Waals surface area contributed by atoms with E-state index >= 15 is 0 Å². The second kappa shape index (κ2) is 11.6. The molecule has 0 heterocycles. The van der Waals surface area contributed by atoms with Gasteiger partial charge >= 0.3 is 0 Å². The largest absolute Gasteiger partial charge is 0.322 e. The smallest absolute Gasteiger partial charge is 0.248 e. The molecule has 4 aromatic carbocycles. The molecule has 4 aromatic rings. The minimum absolute atomic E-state index is 0.174. The van der Waals surface area contributed by atoms with Crippen molar-refractivity contribution < 1.29 is 9.59 Å². The molecule has 4 nitrogen and oxygen atoms in total. The number of amides is 2. The van der Waals surface area contributed by atoms with Crippen LogP contribution in [0.4, 0.5) is 11.4 Å². The molecule has 0 bridgehead atoms. The molecule has 0 saturated carbocycles. The average molecular weight is 473 g/mol. The number of carbonyl (C=O) groups is 2. The van der Waals surface area contributed by atoms with Crippen LogP contribution in [0.2, 0.25) is 0 Å². The van der Waals surface area contributed by atoms with Crippen molar-refractivity contribution in [2.75, 3.05) is 10.6 Å². The minimum atomic E-state index is -0.174. The Morgan fingerprint density at radius 1 is 0.556 bits per heavy atom. The van der Waals surface area contributed by atoms with E-state index in [1.165, 1.54) is 12.2 Å². The molecule has 0 unspecified atom stereocenters. The van der Waals surface area contributed by atoms with E-state index in [9.17, 15) is 9.59 Å². The van der Waals surface area contributed by atoms with E-state index in [4.69, 9.17) is 0 Å². The van der Waals surface area contributed by atoms with Gasteiger partial charge in [-0.05, 0) is 83.6 Å². The van der Waals surface area contributed by atoms with Crippen molar-refractivity contribution in [2.24, 2.45) is 0 Å². The number of hydrogen-bond acceptors (Lipinski definition) is 2. The second-order valence-corrected chi connectivity index (χ2v) is 8.53. The van der Waals surface area contributed by atoms with Gasteiger partial charge in [-0.1, -0.05) is 72.8 Å². The van der Waals surface area contributed by atoms with Gasteiger partial charge in [0.25, 0.3) is 0 Å². The summed E-state index contributed by atoms with van der Waals surface area (Å²) in [6.45, 7) is 3.95. The molecule has 36 heavy (non-hydrogen) atoms. The van der Waals surface area contributed by atoms with Gasteiger partial charge < -0.3 is 10.6 Å². The summed E-state index contributed by atoms with van der Waals surface area (Å²) in [7, 11) is 0. The van der Waals surface area contributed by atoms with E-state index in [1.54, 1.807) is 12.2 Å². The molecular weight excluding hydrogens is 444 g/mol. The number of rotatable bonds is 7. The highest BCUT2D eigenvalue weighted by Crippen LogP contribution is 2.28. The van der Waals surface area contributed by atoms with Crippen molar-refractivity contribution in [2.45, 2.75) is 13.8 Å². The van der Waals surface area contributed by atoms with Crippen molar-refractivity contribution in [3.05, 3.63) is 131 Å². The van der Waals surface area contributed by atoms with Crippen molar-refractivity contribution in [1.82, 2.24) is 0 Å². The molecule has 0 spiro atoms. The number of aryl methyl sites for hydroxylation is 2. The molecule has 0 aliphatic heterocycles. The molecule has 2 amide bonds. The Bertz CT molecular complexity index is 1310. The normalized spacial score (nSPS) is 11.1. The highest BCUT2D eigenvalue weighted by atomic mass is 16.2. The Morgan fingerprint density at radius 3 is 1.31 bits per heavy atom. The molecule has 0 aliphatic rings. The van der Waals surface area contributed by atoms with Crippen molar-refractivity contribution in [3.63, 3.8) is 0 Å². The molecule has 0 atom stereocenters. The standard InChI is InChI=1S/C32H28N2O2/c1-23-21-27(15-17-29(23)33-31(35)19-13-25-9-5-3-6-10-25)28-16-18-30(24(2)22-28)34-32(36)20-14-26-11-7-4-8-12-26/h3-22H,1-2H3,(H,33,35)(H,34,36)/b19-13+,20-14+. The van der Waals surface area contributed by atoms with Crippen LogP contribution in [-0.2, 0) is 9.59 Å². The fourth-order valence-corrected chi connectivity index (χ4v) is 3.79. The number of benzene rings is 4. The fourth-order valence-electron chi connectivity index (χ4n) is 3.79. The maximum atomic E-state index is 12.4. The van der Waals surface area contributed by atoms with Gasteiger partial charge in [0.15, 0.2) is 0 Å². The van der Waals surface area contributed by atoms with E-state index in [1.807, 2.05) is 111 Å². The van der Waals surface area contributed by atoms with Crippen LogP contribution in [0.5, 0.6) is 0 Å². The SMILES string of the molecule is Cc1cc(-c2ccc(NC(=O)/C=C/c3ccccc3)c(C)c2)ccc1NC(=O)/C=C/c1ccccc1. The van der Waals surface area contributed by atoms with E-state index in [0.29, 0.717) is 0 Å². The summed E-state index contributed by atoms with van der Waals surface area (Å²) in [6, 6.07) is 31.3. The van der Waals surface area contributed by atoms with Crippen LogP contribution >= 0.6 is 0 Å². The van der Waals surface area contributed by atoms with Crippen LogP contribution in [0, 0.1) is 13.8 Å². The lowest BCUT2D eigenvalue weighted by Crippen LogP contribution is -2.09. The van der Waals surface area contributed by atoms with E-state index in [-0.39, 0.29) is 11.8 Å². The van der Waals surface area contributed by atoms with Crippen molar-refractivity contribution >= 4 is 35.3 Å². The molecule has 0 aromatic heterocycles. The first-order valence-electron chi connectivity index (χ1n) is 11.8. The van der Waals surface area contributed by atoms with Gasteiger partial charge in [0.2, 0.25) is 11.8 Å². The highest BCUT2D eigenvalue weighted by molar-refractivity contribution is 6.03. The maximum absolute atomic E-state index is 12.4. The summed E-state index contributed by atoms with van der Waals surface area (Å²) in [5.74, 6) is -0.348.